The summed E-state index contributed by atoms with van der Waals surface area (Å²) < 4.78 is 7.99. The van der Waals surface area contributed by atoms with E-state index in [4.69, 9.17) is 0 Å². The summed E-state index contributed by atoms with van der Waals surface area (Å²) in [5.41, 5.74) is 1.61. The van der Waals surface area contributed by atoms with Crippen LogP contribution in [0.1, 0.15) is 22.1 Å². The number of benzene rings is 1. The molecule has 0 aliphatic carbocycles. The standard InChI is InChI=1S/C14H16N4OS/c1-17-7-8-18(14(19)12-9-15-20-16-12)13(10-17)11-5-3-2-4-6-11/h2-6,9,13H,7-8,10H2,1H3. The molecule has 0 saturated carbocycles. The second-order valence-corrected chi connectivity index (χ2v) is 5.54. The highest BCUT2D eigenvalue weighted by molar-refractivity contribution is 6.99. The zero-order valence-corrected chi connectivity index (χ0v) is 12.1. The lowest BCUT2D eigenvalue weighted by molar-refractivity contribution is 0.0493. The van der Waals surface area contributed by atoms with E-state index in [1.165, 1.54) is 0 Å². The zero-order valence-electron chi connectivity index (χ0n) is 11.3. The maximum absolute atomic E-state index is 12.6. The molecule has 1 atom stereocenters. The summed E-state index contributed by atoms with van der Waals surface area (Å²) in [4.78, 5) is 16.7. The molecule has 1 amide bonds. The summed E-state index contributed by atoms with van der Waals surface area (Å²) in [6.45, 7) is 2.44. The average molecular weight is 288 g/mol. The predicted octanol–water partition coefficient (Wildman–Crippen LogP) is 1.67. The first kappa shape index (κ1) is 13.2. The van der Waals surface area contributed by atoms with Gasteiger partial charge in [0.2, 0.25) is 0 Å². The van der Waals surface area contributed by atoms with Crippen LogP contribution < -0.4 is 0 Å². The number of carbonyl (C=O) groups excluding carboxylic acids is 1. The first-order valence-corrected chi connectivity index (χ1v) is 7.31. The third-order valence-corrected chi connectivity index (χ3v) is 4.09. The Morgan fingerprint density at radius 1 is 1.30 bits per heavy atom. The van der Waals surface area contributed by atoms with Crippen molar-refractivity contribution in [2.24, 2.45) is 0 Å². The summed E-state index contributed by atoms with van der Waals surface area (Å²) in [6, 6.07) is 10.2. The Morgan fingerprint density at radius 2 is 2.10 bits per heavy atom. The first-order chi connectivity index (χ1) is 9.75. The number of carbonyl (C=O) groups is 1. The molecule has 20 heavy (non-hydrogen) atoms. The van der Waals surface area contributed by atoms with Crippen molar-refractivity contribution in [2.75, 3.05) is 26.7 Å². The van der Waals surface area contributed by atoms with Crippen molar-refractivity contribution in [1.29, 1.82) is 0 Å². The molecule has 1 aliphatic rings. The number of rotatable bonds is 2. The minimum atomic E-state index is -0.0271. The van der Waals surface area contributed by atoms with Gasteiger partial charge in [0.15, 0.2) is 5.69 Å². The molecule has 1 saturated heterocycles. The third-order valence-electron chi connectivity index (χ3n) is 3.61. The van der Waals surface area contributed by atoms with Crippen molar-refractivity contribution in [3.05, 3.63) is 47.8 Å². The van der Waals surface area contributed by atoms with E-state index in [2.05, 4.69) is 32.8 Å². The lowest BCUT2D eigenvalue weighted by Gasteiger charge is -2.40. The van der Waals surface area contributed by atoms with Gasteiger partial charge in [-0.25, -0.2) is 0 Å². The molecule has 0 spiro atoms. The Hall–Kier alpha value is -1.79. The molecule has 1 aliphatic heterocycles. The number of hydrogen-bond donors (Lipinski definition) is 0. The van der Waals surface area contributed by atoms with Crippen LogP contribution in [0, 0.1) is 0 Å². The molecular weight excluding hydrogens is 272 g/mol. The highest BCUT2D eigenvalue weighted by Gasteiger charge is 2.31. The Kier molecular flexibility index (Phi) is 3.75. The van der Waals surface area contributed by atoms with Crippen molar-refractivity contribution in [3.63, 3.8) is 0 Å². The highest BCUT2D eigenvalue weighted by Crippen LogP contribution is 2.26. The smallest absolute Gasteiger partial charge is 0.275 e. The summed E-state index contributed by atoms with van der Waals surface area (Å²) in [5.74, 6) is -0.0271. The predicted molar refractivity (Wildman–Crippen MR) is 77.6 cm³/mol. The topological polar surface area (TPSA) is 49.3 Å². The van der Waals surface area contributed by atoms with E-state index in [1.807, 2.05) is 23.1 Å². The van der Waals surface area contributed by atoms with Gasteiger partial charge in [0.25, 0.3) is 5.91 Å². The van der Waals surface area contributed by atoms with Gasteiger partial charge in [-0.05, 0) is 12.6 Å². The Labute approximate surface area is 122 Å². The van der Waals surface area contributed by atoms with Gasteiger partial charge >= 0.3 is 0 Å². The lowest BCUT2D eigenvalue weighted by Crippen LogP contribution is -2.49. The van der Waals surface area contributed by atoms with Crippen LogP contribution in [0.5, 0.6) is 0 Å². The molecule has 1 unspecified atom stereocenters. The van der Waals surface area contributed by atoms with E-state index in [1.54, 1.807) is 6.20 Å². The SMILES string of the molecule is CN1CCN(C(=O)c2cnsn2)C(c2ccccc2)C1. The van der Waals surface area contributed by atoms with Crippen molar-refractivity contribution < 1.29 is 4.79 Å². The molecule has 1 fully saturated rings. The lowest BCUT2D eigenvalue weighted by atomic mass is 10.0. The first-order valence-electron chi connectivity index (χ1n) is 6.58. The van der Waals surface area contributed by atoms with E-state index in [0.29, 0.717) is 12.2 Å². The fourth-order valence-corrected chi connectivity index (χ4v) is 2.94. The molecule has 104 valence electrons. The summed E-state index contributed by atoms with van der Waals surface area (Å²) >= 11 is 1.07. The third kappa shape index (κ3) is 2.57. The molecule has 0 bridgehead atoms. The minimum absolute atomic E-state index is 0.0271. The van der Waals surface area contributed by atoms with Crippen LogP contribution in [0.4, 0.5) is 0 Å². The van der Waals surface area contributed by atoms with Gasteiger partial charge in [-0.15, -0.1) is 0 Å². The molecule has 0 radical (unpaired) electrons. The van der Waals surface area contributed by atoms with Gasteiger partial charge in [0, 0.05) is 19.6 Å². The number of nitrogens with zero attached hydrogens (tertiary/aromatic N) is 4. The van der Waals surface area contributed by atoms with Crippen molar-refractivity contribution in [3.8, 4) is 0 Å². The van der Waals surface area contributed by atoms with E-state index in [9.17, 15) is 4.79 Å². The molecule has 5 nitrogen and oxygen atoms in total. The highest BCUT2D eigenvalue weighted by atomic mass is 32.1. The fraction of sp³-hybridized carbons (Fsp3) is 0.357. The monoisotopic (exact) mass is 288 g/mol. The van der Waals surface area contributed by atoms with Crippen LogP contribution in [-0.2, 0) is 0 Å². The Balaban J connectivity index is 1.89. The van der Waals surface area contributed by atoms with Crippen LogP contribution in [0.3, 0.4) is 0 Å². The van der Waals surface area contributed by atoms with Gasteiger partial charge in [-0.1, -0.05) is 30.3 Å². The van der Waals surface area contributed by atoms with Gasteiger partial charge in [-0.2, -0.15) is 8.75 Å². The Bertz CT molecular complexity index is 572. The van der Waals surface area contributed by atoms with Gasteiger partial charge < -0.3 is 9.80 Å². The Morgan fingerprint density at radius 3 is 2.80 bits per heavy atom. The van der Waals surface area contributed by atoms with Gasteiger partial charge in [0.1, 0.15) is 0 Å². The number of aromatic nitrogens is 2. The van der Waals surface area contributed by atoms with E-state index in [-0.39, 0.29) is 11.9 Å². The van der Waals surface area contributed by atoms with Crippen molar-refractivity contribution in [2.45, 2.75) is 6.04 Å². The molecule has 0 N–H and O–H groups in total. The number of likely N-dealkylation sites (N-methyl/N-ethyl adjacent to an activating group) is 1. The quantitative estimate of drug-likeness (QED) is 0.843. The molecule has 3 rings (SSSR count). The van der Waals surface area contributed by atoms with Crippen LogP contribution in [-0.4, -0.2) is 51.1 Å². The molecule has 6 heteroatoms. The average Bonchev–Trinajstić information content (AvgIpc) is 3.02. The summed E-state index contributed by atoms with van der Waals surface area (Å²) in [5, 5.41) is 0. The minimum Gasteiger partial charge on any atom is -0.328 e. The van der Waals surface area contributed by atoms with Crippen molar-refractivity contribution in [1.82, 2.24) is 18.5 Å². The molecule has 1 aromatic carbocycles. The molecular formula is C14H16N4OS. The van der Waals surface area contributed by atoms with Crippen LogP contribution in [0.25, 0.3) is 0 Å². The number of amides is 1. The van der Waals surface area contributed by atoms with Crippen LogP contribution >= 0.6 is 11.7 Å². The second-order valence-electron chi connectivity index (χ2n) is 4.98. The van der Waals surface area contributed by atoms with Crippen molar-refractivity contribution >= 4 is 17.6 Å². The molecule has 1 aromatic heterocycles. The normalized spacial score (nSPS) is 20.1. The number of hydrogen-bond acceptors (Lipinski definition) is 5. The maximum Gasteiger partial charge on any atom is 0.275 e. The van der Waals surface area contributed by atoms with E-state index in [0.717, 1.165) is 30.4 Å². The fourth-order valence-electron chi connectivity index (χ4n) is 2.53. The van der Waals surface area contributed by atoms with Gasteiger partial charge in [-0.3, -0.25) is 4.79 Å². The number of piperazine rings is 1. The molecule has 2 aromatic rings. The second kappa shape index (κ2) is 5.68. The van der Waals surface area contributed by atoms with E-state index < -0.39 is 0 Å². The van der Waals surface area contributed by atoms with E-state index >= 15 is 0 Å². The summed E-state index contributed by atoms with van der Waals surface area (Å²) in [7, 11) is 2.09. The van der Waals surface area contributed by atoms with Gasteiger partial charge in [0.05, 0.1) is 24.0 Å². The maximum atomic E-state index is 12.6. The summed E-state index contributed by atoms with van der Waals surface area (Å²) in [6.07, 6.45) is 1.55. The largest absolute Gasteiger partial charge is 0.328 e. The molecule has 2 heterocycles. The zero-order chi connectivity index (χ0) is 13.9. The van der Waals surface area contributed by atoms with Crippen LogP contribution in [0.2, 0.25) is 0 Å². The van der Waals surface area contributed by atoms with Crippen LogP contribution in [0.15, 0.2) is 36.5 Å².